The van der Waals surface area contributed by atoms with Gasteiger partial charge in [0.15, 0.2) is 0 Å². The van der Waals surface area contributed by atoms with Gasteiger partial charge in [0.2, 0.25) is 10.0 Å². The van der Waals surface area contributed by atoms with E-state index in [9.17, 15) is 17.9 Å². The van der Waals surface area contributed by atoms with Crippen LogP contribution in [0.5, 0.6) is 0 Å². The standard InChI is InChI=1S/C20H44NO6PS/c1-3-5-7-9-10-11-12-14-18-29(25,26)21-20(15-13-8-6-4-2)19-27-28(23,24)17-16-22/h20-22H,3-19H2,1-2H3,(H,23,24). The second-order valence-electron chi connectivity index (χ2n) is 7.84. The summed E-state index contributed by atoms with van der Waals surface area (Å²) in [5.41, 5.74) is 0. The summed E-state index contributed by atoms with van der Waals surface area (Å²) in [6, 6.07) is -0.523. The van der Waals surface area contributed by atoms with Crippen molar-refractivity contribution in [3.8, 4) is 0 Å². The maximum atomic E-state index is 12.4. The van der Waals surface area contributed by atoms with Crippen molar-refractivity contribution in [1.29, 1.82) is 0 Å². The molecule has 0 spiro atoms. The van der Waals surface area contributed by atoms with Crippen LogP contribution in [0.1, 0.15) is 97.3 Å². The zero-order chi connectivity index (χ0) is 22.0. The van der Waals surface area contributed by atoms with E-state index in [1.807, 2.05) is 0 Å². The summed E-state index contributed by atoms with van der Waals surface area (Å²) in [6.45, 7) is 3.69. The predicted molar refractivity (Wildman–Crippen MR) is 120 cm³/mol. The zero-order valence-electron chi connectivity index (χ0n) is 18.5. The van der Waals surface area contributed by atoms with E-state index in [1.165, 1.54) is 25.7 Å². The molecule has 0 rings (SSSR count). The summed E-state index contributed by atoms with van der Waals surface area (Å²) in [4.78, 5) is 9.65. The molecule has 9 heteroatoms. The average molecular weight is 458 g/mol. The first-order valence-corrected chi connectivity index (χ1v) is 14.7. The first-order valence-electron chi connectivity index (χ1n) is 11.3. The molecular weight excluding hydrogens is 413 g/mol. The van der Waals surface area contributed by atoms with Gasteiger partial charge in [0, 0.05) is 6.04 Å². The molecule has 0 heterocycles. The van der Waals surface area contributed by atoms with Crippen molar-refractivity contribution in [2.45, 2.75) is 103 Å². The van der Waals surface area contributed by atoms with Gasteiger partial charge < -0.3 is 14.5 Å². The SMILES string of the molecule is CCCCCCCCCCS(=O)(=O)NC(CCCCCC)COP(=O)(O)CCO. The molecule has 0 fully saturated rings. The van der Waals surface area contributed by atoms with E-state index in [0.717, 1.165) is 44.9 Å². The molecule has 176 valence electrons. The molecule has 0 bridgehead atoms. The molecule has 0 aromatic rings. The second kappa shape index (κ2) is 17.7. The molecule has 3 N–H and O–H groups in total. The maximum Gasteiger partial charge on any atom is 0.330 e. The number of rotatable bonds is 21. The summed E-state index contributed by atoms with van der Waals surface area (Å²) in [6.07, 6.45) is 12.9. The molecule has 2 unspecified atom stereocenters. The van der Waals surface area contributed by atoms with Crippen molar-refractivity contribution in [2.24, 2.45) is 0 Å². The van der Waals surface area contributed by atoms with Crippen molar-refractivity contribution in [3.63, 3.8) is 0 Å². The lowest BCUT2D eigenvalue weighted by Gasteiger charge is -2.20. The number of sulfonamides is 1. The topological polar surface area (TPSA) is 113 Å². The van der Waals surface area contributed by atoms with E-state index >= 15 is 0 Å². The van der Waals surface area contributed by atoms with Crippen molar-refractivity contribution >= 4 is 17.6 Å². The Balaban J connectivity index is 4.38. The summed E-state index contributed by atoms with van der Waals surface area (Å²) in [5.74, 6) is 0.0703. The number of aliphatic hydroxyl groups is 1. The number of nitrogens with one attached hydrogen (secondary N) is 1. The largest absolute Gasteiger partial charge is 0.396 e. The van der Waals surface area contributed by atoms with E-state index in [0.29, 0.717) is 12.8 Å². The van der Waals surface area contributed by atoms with Crippen LogP contribution in [-0.2, 0) is 19.1 Å². The van der Waals surface area contributed by atoms with Gasteiger partial charge in [-0.3, -0.25) is 4.57 Å². The van der Waals surface area contributed by atoms with Gasteiger partial charge >= 0.3 is 7.60 Å². The molecule has 29 heavy (non-hydrogen) atoms. The van der Waals surface area contributed by atoms with Crippen LogP contribution in [0.15, 0.2) is 0 Å². The maximum absolute atomic E-state index is 12.4. The Morgan fingerprint density at radius 2 is 1.41 bits per heavy atom. The van der Waals surface area contributed by atoms with Crippen LogP contribution in [0.2, 0.25) is 0 Å². The fourth-order valence-electron chi connectivity index (χ4n) is 3.13. The Bertz CT molecular complexity index is 529. The average Bonchev–Trinajstić information content (AvgIpc) is 2.65. The third-order valence-corrected chi connectivity index (χ3v) is 7.72. The first-order chi connectivity index (χ1) is 13.8. The molecule has 0 radical (unpaired) electrons. The molecule has 0 saturated carbocycles. The lowest BCUT2D eigenvalue weighted by Crippen LogP contribution is -2.39. The lowest BCUT2D eigenvalue weighted by atomic mass is 10.1. The van der Waals surface area contributed by atoms with Crippen molar-refractivity contribution in [2.75, 3.05) is 25.1 Å². The van der Waals surface area contributed by atoms with Crippen LogP contribution >= 0.6 is 7.60 Å². The van der Waals surface area contributed by atoms with Gasteiger partial charge in [0.25, 0.3) is 0 Å². The molecule has 0 saturated heterocycles. The van der Waals surface area contributed by atoms with Crippen molar-refractivity contribution in [3.05, 3.63) is 0 Å². The van der Waals surface area contributed by atoms with Crippen LogP contribution in [0, 0.1) is 0 Å². The van der Waals surface area contributed by atoms with Crippen molar-refractivity contribution < 1.29 is 27.5 Å². The fourth-order valence-corrected chi connectivity index (χ4v) is 5.32. The normalized spacial score (nSPS) is 15.3. The third kappa shape index (κ3) is 18.5. The van der Waals surface area contributed by atoms with E-state index in [1.54, 1.807) is 0 Å². The molecule has 0 aromatic heterocycles. The highest BCUT2D eigenvalue weighted by atomic mass is 32.2. The number of unbranched alkanes of at least 4 members (excludes halogenated alkanes) is 10. The highest BCUT2D eigenvalue weighted by Gasteiger charge is 2.23. The van der Waals surface area contributed by atoms with Crippen LogP contribution < -0.4 is 4.72 Å². The Hall–Kier alpha value is 0.0200. The summed E-state index contributed by atoms with van der Waals surface area (Å²) < 4.78 is 44.3. The number of hydrogen-bond donors (Lipinski definition) is 3. The van der Waals surface area contributed by atoms with Gasteiger partial charge in [-0.2, -0.15) is 0 Å². The predicted octanol–water partition coefficient (Wildman–Crippen LogP) is 4.58. The smallest absolute Gasteiger partial charge is 0.330 e. The Morgan fingerprint density at radius 3 is 1.97 bits per heavy atom. The van der Waals surface area contributed by atoms with Crippen LogP contribution in [0.3, 0.4) is 0 Å². The monoisotopic (exact) mass is 457 g/mol. The van der Waals surface area contributed by atoms with Crippen LogP contribution in [0.4, 0.5) is 0 Å². The summed E-state index contributed by atoms with van der Waals surface area (Å²) in [5, 5.41) is 8.83. The molecule has 0 aliphatic heterocycles. The van der Waals surface area contributed by atoms with Gasteiger partial charge in [0.05, 0.1) is 25.1 Å². The van der Waals surface area contributed by atoms with Crippen LogP contribution in [-0.4, -0.2) is 49.6 Å². The Kier molecular flexibility index (Phi) is 17.7. The van der Waals surface area contributed by atoms with Crippen molar-refractivity contribution in [1.82, 2.24) is 4.72 Å². The molecule has 0 aromatic carbocycles. The van der Waals surface area contributed by atoms with Gasteiger partial charge in [0.1, 0.15) is 0 Å². The Labute approximate surface area is 178 Å². The zero-order valence-corrected chi connectivity index (χ0v) is 20.2. The van der Waals surface area contributed by atoms with Gasteiger partial charge in [-0.15, -0.1) is 0 Å². The van der Waals surface area contributed by atoms with Gasteiger partial charge in [-0.25, -0.2) is 13.1 Å². The summed E-state index contributed by atoms with van der Waals surface area (Å²) in [7, 11) is -7.34. The van der Waals surface area contributed by atoms with E-state index in [4.69, 9.17) is 9.63 Å². The molecule has 0 aliphatic carbocycles. The molecule has 7 nitrogen and oxygen atoms in total. The minimum absolute atomic E-state index is 0.0703. The fraction of sp³-hybridized carbons (Fsp3) is 1.00. The van der Waals surface area contributed by atoms with E-state index < -0.39 is 30.3 Å². The number of hydrogen-bond acceptors (Lipinski definition) is 5. The molecular formula is C20H44NO6PS. The minimum Gasteiger partial charge on any atom is -0.396 e. The highest BCUT2D eigenvalue weighted by molar-refractivity contribution is 7.89. The van der Waals surface area contributed by atoms with E-state index in [2.05, 4.69) is 18.6 Å². The molecule has 0 amide bonds. The second-order valence-corrected chi connectivity index (χ2v) is 11.7. The van der Waals surface area contributed by atoms with Crippen LogP contribution in [0.25, 0.3) is 0 Å². The Morgan fingerprint density at radius 1 is 0.897 bits per heavy atom. The minimum atomic E-state index is -3.88. The third-order valence-electron chi connectivity index (χ3n) is 4.88. The van der Waals surface area contributed by atoms with E-state index in [-0.39, 0.29) is 18.5 Å². The quantitative estimate of drug-likeness (QED) is 0.172. The highest BCUT2D eigenvalue weighted by Crippen LogP contribution is 2.41. The van der Waals surface area contributed by atoms with Gasteiger partial charge in [-0.05, 0) is 12.8 Å². The summed E-state index contributed by atoms with van der Waals surface area (Å²) >= 11 is 0. The number of aliphatic hydroxyl groups excluding tert-OH is 1. The molecule has 0 aliphatic rings. The lowest BCUT2D eigenvalue weighted by molar-refractivity contribution is 0.221. The molecule has 2 atom stereocenters. The van der Waals surface area contributed by atoms with Gasteiger partial charge in [-0.1, -0.05) is 84.5 Å². The first kappa shape index (κ1) is 29.0.